The lowest BCUT2D eigenvalue weighted by Gasteiger charge is -2.15. The van der Waals surface area contributed by atoms with E-state index in [1.54, 1.807) is 6.07 Å². The first-order valence-corrected chi connectivity index (χ1v) is 11.3. The number of phenols is 1. The van der Waals surface area contributed by atoms with Crippen molar-refractivity contribution in [2.45, 2.75) is 0 Å². The van der Waals surface area contributed by atoms with Gasteiger partial charge in [0.15, 0.2) is 11.5 Å². The monoisotopic (exact) mass is 481 g/mol. The number of primary amides is 1. The van der Waals surface area contributed by atoms with Crippen molar-refractivity contribution >= 4 is 11.7 Å². The van der Waals surface area contributed by atoms with Gasteiger partial charge < -0.3 is 25.2 Å². The van der Waals surface area contributed by atoms with Gasteiger partial charge in [-0.25, -0.2) is 0 Å². The fourth-order valence-corrected chi connectivity index (χ4v) is 3.77. The third-order valence-electron chi connectivity index (χ3n) is 5.57. The quantitative estimate of drug-likeness (QED) is 0.405. The second-order valence-electron chi connectivity index (χ2n) is 8.15. The number of aromatic hydroxyl groups is 1. The molecule has 9 nitrogen and oxygen atoms in total. The average Bonchev–Trinajstić information content (AvgIpc) is 3.31. The Kier molecular flexibility index (Phi) is 6.19. The van der Waals surface area contributed by atoms with Gasteiger partial charge in [-0.3, -0.25) is 9.79 Å². The van der Waals surface area contributed by atoms with Crippen molar-refractivity contribution in [3.8, 4) is 40.4 Å². The molecule has 0 unspecified atom stereocenters. The first-order valence-electron chi connectivity index (χ1n) is 11.3. The summed E-state index contributed by atoms with van der Waals surface area (Å²) in [5.74, 6) is 0.861. The van der Waals surface area contributed by atoms with Crippen LogP contribution in [-0.2, 0) is 0 Å². The fraction of sp³-hybridized carbons (Fsp3) is 0.111. The fourth-order valence-electron chi connectivity index (χ4n) is 3.77. The van der Waals surface area contributed by atoms with Crippen molar-refractivity contribution in [1.82, 2.24) is 14.9 Å². The number of carbonyl (C=O) groups is 1. The maximum Gasteiger partial charge on any atom is 0.326 e. The number of ether oxygens (including phenoxy) is 2. The lowest BCUT2D eigenvalue weighted by atomic mass is 10.1. The molecule has 180 valence electrons. The van der Waals surface area contributed by atoms with Gasteiger partial charge in [0.1, 0.15) is 11.6 Å². The highest BCUT2D eigenvalue weighted by Gasteiger charge is 2.17. The number of benzene rings is 3. The van der Waals surface area contributed by atoms with E-state index in [1.165, 1.54) is 18.2 Å². The maximum atomic E-state index is 11.6. The van der Waals surface area contributed by atoms with E-state index in [9.17, 15) is 9.90 Å². The van der Waals surface area contributed by atoms with Crippen LogP contribution in [0.4, 0.5) is 0 Å². The highest BCUT2D eigenvalue weighted by Crippen LogP contribution is 2.33. The molecule has 36 heavy (non-hydrogen) atoms. The SMILES string of the molecule is CN1CCN=C1c1cccc(Oc2cc(-c3ccccc3)nc(Oc3cc(C(N)=O)ccc3O)n2)c1. The number of phenolic OH excluding ortho intramolecular Hbond substituents is 1. The zero-order valence-corrected chi connectivity index (χ0v) is 19.5. The van der Waals surface area contributed by atoms with Crippen LogP contribution < -0.4 is 15.2 Å². The number of aliphatic imine (C=N–C) groups is 1. The van der Waals surface area contributed by atoms with Crippen LogP contribution in [0.2, 0.25) is 0 Å². The number of amidine groups is 1. The summed E-state index contributed by atoms with van der Waals surface area (Å²) in [7, 11) is 2.00. The zero-order chi connectivity index (χ0) is 25.1. The summed E-state index contributed by atoms with van der Waals surface area (Å²) in [5, 5.41) is 10.2. The van der Waals surface area contributed by atoms with Crippen molar-refractivity contribution in [1.29, 1.82) is 0 Å². The molecule has 1 aliphatic rings. The minimum atomic E-state index is -0.653. The molecule has 3 aromatic carbocycles. The van der Waals surface area contributed by atoms with Crippen molar-refractivity contribution < 1.29 is 19.4 Å². The number of rotatable bonds is 7. The summed E-state index contributed by atoms with van der Waals surface area (Å²) in [4.78, 5) is 27.1. The van der Waals surface area contributed by atoms with Crippen molar-refractivity contribution in [3.63, 3.8) is 0 Å². The lowest BCUT2D eigenvalue weighted by Crippen LogP contribution is -2.23. The van der Waals surface area contributed by atoms with Crippen LogP contribution in [-0.4, -0.2) is 51.9 Å². The number of nitrogens with two attached hydrogens (primary N) is 1. The van der Waals surface area contributed by atoms with E-state index in [-0.39, 0.29) is 29.0 Å². The third-order valence-corrected chi connectivity index (χ3v) is 5.57. The Morgan fingerprint density at radius 3 is 2.50 bits per heavy atom. The van der Waals surface area contributed by atoms with Gasteiger partial charge >= 0.3 is 6.01 Å². The number of likely N-dealkylation sites (N-methyl/N-ethyl adjacent to an activating group) is 1. The second-order valence-corrected chi connectivity index (χ2v) is 8.15. The molecule has 5 rings (SSSR count). The van der Waals surface area contributed by atoms with E-state index in [4.69, 9.17) is 15.2 Å². The number of aromatic nitrogens is 2. The topological polar surface area (TPSA) is 123 Å². The largest absolute Gasteiger partial charge is 0.504 e. The normalized spacial score (nSPS) is 12.8. The molecule has 1 amide bonds. The highest BCUT2D eigenvalue weighted by molar-refractivity contribution is 5.99. The van der Waals surface area contributed by atoms with Gasteiger partial charge in [-0.2, -0.15) is 9.97 Å². The Hall–Kier alpha value is -4.92. The van der Waals surface area contributed by atoms with Crippen LogP contribution in [0.3, 0.4) is 0 Å². The maximum absolute atomic E-state index is 11.6. The smallest absolute Gasteiger partial charge is 0.326 e. The van der Waals surface area contributed by atoms with Crippen LogP contribution in [0, 0.1) is 0 Å². The molecule has 3 N–H and O–H groups in total. The molecule has 1 aromatic heterocycles. The number of hydrogen-bond donors (Lipinski definition) is 2. The van der Waals surface area contributed by atoms with Gasteiger partial charge in [0, 0.05) is 36.3 Å². The minimum Gasteiger partial charge on any atom is -0.504 e. The molecule has 0 aliphatic carbocycles. The van der Waals surface area contributed by atoms with Gasteiger partial charge in [-0.15, -0.1) is 0 Å². The van der Waals surface area contributed by atoms with E-state index in [1.807, 2.05) is 61.6 Å². The average molecular weight is 482 g/mol. The van der Waals surface area contributed by atoms with E-state index in [0.29, 0.717) is 11.4 Å². The van der Waals surface area contributed by atoms with E-state index in [2.05, 4.69) is 19.9 Å². The van der Waals surface area contributed by atoms with E-state index >= 15 is 0 Å². The van der Waals surface area contributed by atoms with Gasteiger partial charge in [0.2, 0.25) is 11.8 Å². The van der Waals surface area contributed by atoms with Crippen LogP contribution in [0.1, 0.15) is 15.9 Å². The third kappa shape index (κ3) is 4.95. The summed E-state index contributed by atoms with van der Waals surface area (Å²) < 4.78 is 11.9. The minimum absolute atomic E-state index is 0.00765. The predicted molar refractivity (Wildman–Crippen MR) is 135 cm³/mol. The van der Waals surface area contributed by atoms with Gasteiger partial charge in [0.05, 0.1) is 12.2 Å². The van der Waals surface area contributed by atoms with Crippen LogP contribution in [0.5, 0.6) is 29.1 Å². The molecule has 9 heteroatoms. The molecule has 0 radical (unpaired) electrons. The van der Waals surface area contributed by atoms with Crippen LogP contribution >= 0.6 is 0 Å². The molecule has 0 atom stereocenters. The summed E-state index contributed by atoms with van der Waals surface area (Å²) >= 11 is 0. The molecule has 4 aromatic rings. The number of nitrogens with zero attached hydrogens (tertiary/aromatic N) is 4. The zero-order valence-electron chi connectivity index (χ0n) is 19.5. The molecule has 0 spiro atoms. The van der Waals surface area contributed by atoms with Gasteiger partial charge in [-0.1, -0.05) is 42.5 Å². The van der Waals surface area contributed by atoms with E-state index in [0.717, 1.165) is 30.1 Å². The molecule has 0 saturated carbocycles. The Morgan fingerprint density at radius 1 is 0.944 bits per heavy atom. The summed E-state index contributed by atoms with van der Waals surface area (Å²) in [6.07, 6.45) is 0. The van der Waals surface area contributed by atoms with Crippen LogP contribution in [0.25, 0.3) is 11.3 Å². The summed E-state index contributed by atoms with van der Waals surface area (Å²) in [6.45, 7) is 1.63. The molecular formula is C27H23N5O4. The second kappa shape index (κ2) is 9.75. The molecule has 0 saturated heterocycles. The predicted octanol–water partition coefficient (Wildman–Crippen LogP) is 4.22. The first kappa shape index (κ1) is 22.9. The lowest BCUT2D eigenvalue weighted by molar-refractivity contribution is 0.1000. The number of amides is 1. The molecule has 2 heterocycles. The van der Waals surface area contributed by atoms with Crippen molar-refractivity contribution in [2.75, 3.05) is 20.1 Å². The van der Waals surface area contributed by atoms with Crippen molar-refractivity contribution in [3.05, 3.63) is 90.0 Å². The molecule has 1 aliphatic heterocycles. The number of hydrogen-bond acceptors (Lipinski definition) is 8. The standard InChI is InChI=1S/C27H23N5O4/c1-32-13-12-29-26(32)19-8-5-9-20(14-19)35-24-16-21(17-6-3-2-4-7-17)30-27(31-24)36-23-15-18(25(28)34)10-11-22(23)33/h2-11,14-16,33H,12-13H2,1H3,(H2,28,34). The number of carbonyl (C=O) groups excluding carboxylic acids is 1. The highest BCUT2D eigenvalue weighted by atomic mass is 16.5. The first-order chi connectivity index (χ1) is 17.5. The molecular weight excluding hydrogens is 458 g/mol. The molecule has 0 fully saturated rings. The Labute approximate surface area is 207 Å². The van der Waals surface area contributed by atoms with Gasteiger partial charge in [0.25, 0.3) is 0 Å². The van der Waals surface area contributed by atoms with Crippen molar-refractivity contribution in [2.24, 2.45) is 10.7 Å². The van der Waals surface area contributed by atoms with E-state index < -0.39 is 5.91 Å². The Bertz CT molecular complexity index is 1460. The molecule has 0 bridgehead atoms. The van der Waals surface area contributed by atoms with Crippen LogP contribution in [0.15, 0.2) is 83.9 Å². The summed E-state index contributed by atoms with van der Waals surface area (Å²) in [6, 6.07) is 22.8. The summed E-state index contributed by atoms with van der Waals surface area (Å²) in [5.41, 5.74) is 7.85. The van der Waals surface area contributed by atoms with Gasteiger partial charge in [-0.05, 0) is 30.3 Å². The Balaban J connectivity index is 1.51. The Morgan fingerprint density at radius 2 is 1.75 bits per heavy atom.